The summed E-state index contributed by atoms with van der Waals surface area (Å²) >= 11 is 0. The van der Waals surface area contributed by atoms with Crippen LogP contribution in [0, 0.1) is 0 Å². The summed E-state index contributed by atoms with van der Waals surface area (Å²) in [5.41, 5.74) is 0. The van der Waals surface area contributed by atoms with Crippen LogP contribution >= 0.6 is 0 Å². The van der Waals surface area contributed by atoms with Gasteiger partial charge in [0.05, 0.1) is 10.9 Å². The first-order valence-electron chi connectivity index (χ1n) is 5.26. The van der Waals surface area contributed by atoms with Crippen molar-refractivity contribution in [2.75, 3.05) is 6.54 Å². The third-order valence-electron chi connectivity index (χ3n) is 2.83. The van der Waals surface area contributed by atoms with E-state index < -0.39 is 16.1 Å². The molecule has 16 heavy (non-hydrogen) atoms. The van der Waals surface area contributed by atoms with E-state index >= 15 is 0 Å². The van der Waals surface area contributed by atoms with Crippen molar-refractivity contribution < 1.29 is 13.2 Å². The summed E-state index contributed by atoms with van der Waals surface area (Å²) in [5.74, 6) is 0. The molecule has 0 radical (unpaired) electrons. The molecule has 1 saturated heterocycles. The topological polar surface area (TPSA) is 70.2 Å². The number of hydrogen-bond acceptors (Lipinski definition) is 3. The molecule has 1 aliphatic heterocycles. The molecule has 0 spiro atoms. The van der Waals surface area contributed by atoms with Crippen LogP contribution in [-0.4, -0.2) is 36.6 Å². The molecule has 1 N–H and O–H groups in total. The molecule has 1 unspecified atom stereocenters. The van der Waals surface area contributed by atoms with Crippen LogP contribution in [0.25, 0.3) is 0 Å². The summed E-state index contributed by atoms with van der Waals surface area (Å²) in [7, 11) is -3.51. The van der Waals surface area contributed by atoms with Gasteiger partial charge in [-0.3, -0.25) is 0 Å². The zero-order valence-electron chi connectivity index (χ0n) is 8.80. The summed E-state index contributed by atoms with van der Waals surface area (Å²) in [5, 5.41) is 0. The molecule has 2 rings (SSSR count). The van der Waals surface area contributed by atoms with Crippen molar-refractivity contribution in [2.45, 2.75) is 30.2 Å². The van der Waals surface area contributed by atoms with E-state index in [9.17, 15) is 13.2 Å². The van der Waals surface area contributed by atoms with Gasteiger partial charge in [0, 0.05) is 18.9 Å². The first-order chi connectivity index (χ1) is 7.66. The van der Waals surface area contributed by atoms with Crippen molar-refractivity contribution >= 4 is 16.3 Å². The summed E-state index contributed by atoms with van der Waals surface area (Å²) < 4.78 is 25.6. The number of carbonyl (C=O) groups excluding carboxylic acids is 1. The highest BCUT2D eigenvalue weighted by Gasteiger charge is 2.33. The number of hydrogen-bond donors (Lipinski definition) is 1. The Hall–Kier alpha value is -1.14. The van der Waals surface area contributed by atoms with Crippen molar-refractivity contribution in [3.05, 3.63) is 18.5 Å². The maximum atomic E-state index is 12.2. The van der Waals surface area contributed by atoms with Crippen molar-refractivity contribution in [3.63, 3.8) is 0 Å². The number of nitrogens with zero attached hydrogens (tertiary/aromatic N) is 1. The number of aromatic amines is 1. The van der Waals surface area contributed by atoms with Gasteiger partial charge >= 0.3 is 0 Å². The standard InChI is InChI=1S/C10H14N2O3S/c13-8-9-3-1-2-6-12(9)16(14,15)10-4-5-11-7-10/h4-5,7-9,11H,1-3,6H2. The molecular formula is C10H14N2O3S. The van der Waals surface area contributed by atoms with Crippen LogP contribution in [0.5, 0.6) is 0 Å². The quantitative estimate of drug-likeness (QED) is 0.795. The molecule has 1 atom stereocenters. The van der Waals surface area contributed by atoms with E-state index in [1.807, 2.05) is 0 Å². The Morgan fingerprint density at radius 3 is 2.88 bits per heavy atom. The predicted octanol–water partition coefficient (Wildman–Crippen LogP) is 0.757. The number of aldehydes is 1. The Kier molecular flexibility index (Phi) is 3.11. The van der Waals surface area contributed by atoms with Crippen LogP contribution in [0.4, 0.5) is 0 Å². The summed E-state index contributed by atoms with van der Waals surface area (Å²) in [6.45, 7) is 0.428. The van der Waals surface area contributed by atoms with Crippen molar-refractivity contribution in [3.8, 4) is 0 Å². The Labute approximate surface area is 94.5 Å². The van der Waals surface area contributed by atoms with Crippen LogP contribution in [0.1, 0.15) is 19.3 Å². The third kappa shape index (κ3) is 1.90. The van der Waals surface area contributed by atoms with Crippen LogP contribution < -0.4 is 0 Å². The maximum absolute atomic E-state index is 12.2. The molecule has 0 amide bonds. The lowest BCUT2D eigenvalue weighted by molar-refractivity contribution is -0.111. The van der Waals surface area contributed by atoms with E-state index in [4.69, 9.17) is 0 Å². The zero-order valence-corrected chi connectivity index (χ0v) is 9.61. The highest BCUT2D eigenvalue weighted by atomic mass is 32.2. The molecule has 0 saturated carbocycles. The molecule has 1 aliphatic rings. The van der Waals surface area contributed by atoms with Gasteiger partial charge in [-0.15, -0.1) is 0 Å². The minimum atomic E-state index is -3.51. The van der Waals surface area contributed by atoms with Gasteiger partial charge < -0.3 is 9.78 Å². The molecule has 6 heteroatoms. The Balaban J connectivity index is 2.32. The average Bonchev–Trinajstić information content (AvgIpc) is 2.83. The van der Waals surface area contributed by atoms with Crippen molar-refractivity contribution in [1.82, 2.24) is 9.29 Å². The van der Waals surface area contributed by atoms with E-state index in [-0.39, 0.29) is 4.90 Å². The third-order valence-corrected chi connectivity index (χ3v) is 4.75. The van der Waals surface area contributed by atoms with E-state index in [1.165, 1.54) is 16.6 Å². The highest BCUT2D eigenvalue weighted by molar-refractivity contribution is 7.89. The number of nitrogens with one attached hydrogen (secondary N) is 1. The first kappa shape index (κ1) is 11.3. The van der Waals surface area contributed by atoms with Crippen molar-refractivity contribution in [1.29, 1.82) is 0 Å². The van der Waals surface area contributed by atoms with Crippen LogP contribution in [0.3, 0.4) is 0 Å². The lowest BCUT2D eigenvalue weighted by Crippen LogP contribution is -2.44. The molecule has 2 heterocycles. The molecule has 1 aromatic heterocycles. The number of piperidine rings is 1. The second-order valence-electron chi connectivity index (χ2n) is 3.86. The van der Waals surface area contributed by atoms with Crippen molar-refractivity contribution in [2.24, 2.45) is 0 Å². The maximum Gasteiger partial charge on any atom is 0.245 e. The average molecular weight is 242 g/mol. The fraction of sp³-hybridized carbons (Fsp3) is 0.500. The summed E-state index contributed by atoms with van der Waals surface area (Å²) in [4.78, 5) is 13.8. The van der Waals surface area contributed by atoms with Gasteiger partial charge in [0.25, 0.3) is 0 Å². The number of H-pyrrole nitrogens is 1. The lowest BCUT2D eigenvalue weighted by Gasteiger charge is -2.30. The van der Waals surface area contributed by atoms with Gasteiger partial charge in [0.15, 0.2) is 0 Å². The largest absolute Gasteiger partial charge is 0.366 e. The van der Waals surface area contributed by atoms with Gasteiger partial charge in [-0.1, -0.05) is 6.42 Å². The van der Waals surface area contributed by atoms with Gasteiger partial charge in [-0.25, -0.2) is 8.42 Å². The molecular weight excluding hydrogens is 228 g/mol. The Morgan fingerprint density at radius 2 is 2.25 bits per heavy atom. The van der Waals surface area contributed by atoms with Crippen LogP contribution in [-0.2, 0) is 14.8 Å². The normalized spacial score (nSPS) is 23.1. The van der Waals surface area contributed by atoms with E-state index in [1.54, 1.807) is 6.20 Å². The molecule has 0 aromatic carbocycles. The summed E-state index contributed by atoms with van der Waals surface area (Å²) in [6, 6.07) is 1.000. The smallest absolute Gasteiger partial charge is 0.245 e. The van der Waals surface area contributed by atoms with E-state index in [0.29, 0.717) is 13.0 Å². The van der Waals surface area contributed by atoms with Gasteiger partial charge in [-0.2, -0.15) is 4.31 Å². The molecule has 1 fully saturated rings. The first-order valence-corrected chi connectivity index (χ1v) is 6.70. The van der Waals surface area contributed by atoms with Gasteiger partial charge in [-0.05, 0) is 18.9 Å². The number of sulfonamides is 1. The Morgan fingerprint density at radius 1 is 1.44 bits per heavy atom. The SMILES string of the molecule is O=CC1CCCCN1S(=O)(=O)c1cc[nH]c1. The number of carbonyl (C=O) groups is 1. The number of aromatic nitrogens is 1. The predicted molar refractivity (Wildman–Crippen MR) is 58.4 cm³/mol. The second-order valence-corrected chi connectivity index (χ2v) is 5.75. The molecule has 88 valence electrons. The van der Waals surface area contributed by atoms with Crippen LogP contribution in [0.2, 0.25) is 0 Å². The van der Waals surface area contributed by atoms with E-state index in [0.717, 1.165) is 19.1 Å². The van der Waals surface area contributed by atoms with Gasteiger partial charge in [0.1, 0.15) is 6.29 Å². The Bertz CT molecular complexity index is 452. The molecule has 5 nitrogen and oxygen atoms in total. The molecule has 0 aliphatic carbocycles. The monoisotopic (exact) mass is 242 g/mol. The zero-order chi connectivity index (χ0) is 11.6. The fourth-order valence-electron chi connectivity index (χ4n) is 1.97. The second kappa shape index (κ2) is 4.39. The molecule has 0 bridgehead atoms. The van der Waals surface area contributed by atoms with E-state index in [2.05, 4.69) is 4.98 Å². The fourth-order valence-corrected chi connectivity index (χ4v) is 3.58. The minimum absolute atomic E-state index is 0.223. The highest BCUT2D eigenvalue weighted by Crippen LogP contribution is 2.23. The molecule has 1 aromatic rings. The van der Waals surface area contributed by atoms with Crippen LogP contribution in [0.15, 0.2) is 23.4 Å². The summed E-state index contributed by atoms with van der Waals surface area (Å²) in [6.07, 6.45) is 6.06. The minimum Gasteiger partial charge on any atom is -0.366 e. The lowest BCUT2D eigenvalue weighted by atomic mass is 10.1. The van der Waals surface area contributed by atoms with Gasteiger partial charge in [0.2, 0.25) is 10.0 Å². The number of rotatable bonds is 3.